The third-order valence-corrected chi connectivity index (χ3v) is 3.99. The summed E-state index contributed by atoms with van der Waals surface area (Å²) in [5.41, 5.74) is 0.0957. The van der Waals surface area contributed by atoms with E-state index in [0.29, 0.717) is 19.4 Å². The van der Waals surface area contributed by atoms with Crippen LogP contribution in [0.2, 0.25) is 0 Å². The molecular formula is C16H24N4O2. The van der Waals surface area contributed by atoms with Crippen LogP contribution in [-0.4, -0.2) is 33.7 Å². The van der Waals surface area contributed by atoms with E-state index in [1.807, 2.05) is 20.2 Å². The normalized spacial score (nSPS) is 17.4. The summed E-state index contributed by atoms with van der Waals surface area (Å²) in [7, 11) is 1.82. The van der Waals surface area contributed by atoms with Crippen molar-refractivity contribution in [3.8, 4) is 0 Å². The van der Waals surface area contributed by atoms with Crippen molar-refractivity contribution in [1.29, 1.82) is 0 Å². The van der Waals surface area contributed by atoms with Crippen LogP contribution < -0.4 is 10.6 Å². The quantitative estimate of drug-likeness (QED) is 0.807. The van der Waals surface area contributed by atoms with Gasteiger partial charge in [0.25, 0.3) is 0 Å². The van der Waals surface area contributed by atoms with Crippen LogP contribution in [0, 0.1) is 0 Å². The number of amides is 2. The lowest BCUT2D eigenvalue weighted by molar-refractivity contribution is -0.133. The lowest BCUT2D eigenvalue weighted by Gasteiger charge is -2.36. The standard InChI is InChI=1S/C16H24N4O2/c1-3-17-15(22)16(9-5-4-6-10-16)19-14(21)8-7-13-11-18-20(2)12-13/h7-8,11-12H,3-6,9-10H2,1-2H3,(H,17,22)(H,19,21)/b8-7+. The molecule has 0 atom stereocenters. The van der Waals surface area contributed by atoms with E-state index in [2.05, 4.69) is 15.7 Å². The number of aryl methyl sites for hydroxylation is 1. The maximum atomic E-state index is 12.4. The van der Waals surface area contributed by atoms with Gasteiger partial charge < -0.3 is 10.6 Å². The van der Waals surface area contributed by atoms with Crippen molar-refractivity contribution in [1.82, 2.24) is 20.4 Å². The van der Waals surface area contributed by atoms with E-state index >= 15 is 0 Å². The van der Waals surface area contributed by atoms with E-state index in [4.69, 9.17) is 0 Å². The molecule has 0 saturated heterocycles. The highest BCUT2D eigenvalue weighted by Crippen LogP contribution is 2.28. The van der Waals surface area contributed by atoms with Gasteiger partial charge in [-0.05, 0) is 25.8 Å². The summed E-state index contributed by atoms with van der Waals surface area (Å²) >= 11 is 0. The van der Waals surface area contributed by atoms with Gasteiger partial charge in [-0.25, -0.2) is 0 Å². The molecule has 0 aliphatic heterocycles. The Balaban J connectivity index is 2.04. The highest BCUT2D eigenvalue weighted by atomic mass is 16.2. The summed E-state index contributed by atoms with van der Waals surface area (Å²) in [6, 6.07) is 0. The topological polar surface area (TPSA) is 76.0 Å². The van der Waals surface area contributed by atoms with E-state index in [-0.39, 0.29) is 11.8 Å². The van der Waals surface area contributed by atoms with Gasteiger partial charge in [-0.1, -0.05) is 19.3 Å². The van der Waals surface area contributed by atoms with E-state index in [9.17, 15) is 9.59 Å². The third kappa shape index (κ3) is 3.96. The molecule has 22 heavy (non-hydrogen) atoms. The number of carbonyl (C=O) groups is 2. The van der Waals surface area contributed by atoms with E-state index in [0.717, 1.165) is 24.8 Å². The molecule has 1 fully saturated rings. The van der Waals surface area contributed by atoms with E-state index < -0.39 is 5.54 Å². The molecule has 1 aromatic rings. The number of carbonyl (C=O) groups excluding carboxylic acids is 2. The number of nitrogens with zero attached hydrogens (tertiary/aromatic N) is 2. The molecule has 1 aromatic heterocycles. The molecule has 2 N–H and O–H groups in total. The molecule has 0 bridgehead atoms. The minimum Gasteiger partial charge on any atom is -0.354 e. The van der Waals surface area contributed by atoms with Crippen LogP contribution >= 0.6 is 0 Å². The molecule has 1 saturated carbocycles. The van der Waals surface area contributed by atoms with Gasteiger partial charge in [-0.2, -0.15) is 5.10 Å². The molecule has 1 heterocycles. The molecule has 6 nitrogen and oxygen atoms in total. The predicted octanol–water partition coefficient (Wildman–Crippen LogP) is 1.39. The molecular weight excluding hydrogens is 280 g/mol. The van der Waals surface area contributed by atoms with Gasteiger partial charge in [-0.15, -0.1) is 0 Å². The van der Waals surface area contributed by atoms with Crippen LogP contribution in [0.3, 0.4) is 0 Å². The highest BCUT2D eigenvalue weighted by Gasteiger charge is 2.40. The summed E-state index contributed by atoms with van der Waals surface area (Å²) in [5, 5.41) is 9.82. The predicted molar refractivity (Wildman–Crippen MR) is 84.9 cm³/mol. The molecule has 0 spiro atoms. The van der Waals surface area contributed by atoms with E-state index in [1.165, 1.54) is 6.08 Å². The van der Waals surface area contributed by atoms with Crippen LogP contribution in [-0.2, 0) is 16.6 Å². The Morgan fingerprint density at radius 3 is 2.68 bits per heavy atom. The second-order valence-electron chi connectivity index (χ2n) is 5.77. The minimum atomic E-state index is -0.759. The highest BCUT2D eigenvalue weighted by molar-refractivity contribution is 5.97. The van der Waals surface area contributed by atoms with Crippen molar-refractivity contribution in [2.45, 2.75) is 44.6 Å². The van der Waals surface area contributed by atoms with Crippen LogP contribution in [0.15, 0.2) is 18.5 Å². The first-order valence-electron chi connectivity index (χ1n) is 7.83. The number of rotatable bonds is 5. The Morgan fingerprint density at radius 1 is 1.36 bits per heavy atom. The van der Waals surface area contributed by atoms with Gasteiger partial charge in [0.15, 0.2) is 0 Å². The van der Waals surface area contributed by atoms with Crippen molar-refractivity contribution in [3.05, 3.63) is 24.0 Å². The van der Waals surface area contributed by atoms with Gasteiger partial charge in [0.2, 0.25) is 11.8 Å². The molecule has 6 heteroatoms. The Kier molecular flexibility index (Phi) is 5.35. The van der Waals surface area contributed by atoms with Crippen LogP contribution in [0.5, 0.6) is 0 Å². The number of likely N-dealkylation sites (N-methyl/N-ethyl adjacent to an activating group) is 1. The molecule has 120 valence electrons. The number of hydrogen-bond acceptors (Lipinski definition) is 3. The van der Waals surface area contributed by atoms with Crippen molar-refractivity contribution in [2.24, 2.45) is 7.05 Å². The zero-order valence-corrected chi connectivity index (χ0v) is 13.3. The molecule has 1 aliphatic carbocycles. The van der Waals surface area contributed by atoms with Crippen molar-refractivity contribution in [2.75, 3.05) is 6.54 Å². The fraction of sp³-hybridized carbons (Fsp3) is 0.562. The monoisotopic (exact) mass is 304 g/mol. The molecule has 1 aliphatic rings. The first kappa shape index (κ1) is 16.3. The summed E-state index contributed by atoms with van der Waals surface area (Å²) < 4.78 is 1.68. The second-order valence-corrected chi connectivity index (χ2v) is 5.77. The summed E-state index contributed by atoms with van der Waals surface area (Å²) in [6.45, 7) is 2.46. The summed E-state index contributed by atoms with van der Waals surface area (Å²) in [5.74, 6) is -0.310. The zero-order valence-electron chi connectivity index (χ0n) is 13.3. The molecule has 0 unspecified atom stereocenters. The SMILES string of the molecule is CCNC(=O)C1(NC(=O)/C=C/c2cnn(C)c2)CCCCC1. The Hall–Kier alpha value is -2.11. The molecule has 0 radical (unpaired) electrons. The van der Waals surface area contributed by atoms with Gasteiger partial charge in [-0.3, -0.25) is 14.3 Å². The van der Waals surface area contributed by atoms with Crippen molar-refractivity contribution >= 4 is 17.9 Å². The van der Waals surface area contributed by atoms with Crippen LogP contribution in [0.25, 0.3) is 6.08 Å². The Bertz CT molecular complexity index is 556. The van der Waals surface area contributed by atoms with Crippen molar-refractivity contribution in [3.63, 3.8) is 0 Å². The van der Waals surface area contributed by atoms with E-state index in [1.54, 1.807) is 17.0 Å². The number of aromatic nitrogens is 2. The number of hydrogen-bond donors (Lipinski definition) is 2. The first-order chi connectivity index (χ1) is 10.6. The summed E-state index contributed by atoms with van der Waals surface area (Å²) in [4.78, 5) is 24.6. The smallest absolute Gasteiger partial charge is 0.245 e. The van der Waals surface area contributed by atoms with Gasteiger partial charge in [0.05, 0.1) is 6.20 Å². The Morgan fingerprint density at radius 2 is 2.09 bits per heavy atom. The zero-order chi connectivity index (χ0) is 16.0. The summed E-state index contributed by atoms with van der Waals surface area (Å²) in [6.07, 6.45) is 11.1. The Labute approximate surface area is 131 Å². The average molecular weight is 304 g/mol. The van der Waals surface area contributed by atoms with Gasteiger partial charge in [0.1, 0.15) is 5.54 Å². The third-order valence-electron chi connectivity index (χ3n) is 3.99. The largest absolute Gasteiger partial charge is 0.354 e. The lowest BCUT2D eigenvalue weighted by Crippen LogP contribution is -2.59. The van der Waals surface area contributed by atoms with Gasteiger partial charge >= 0.3 is 0 Å². The fourth-order valence-corrected chi connectivity index (χ4v) is 2.87. The first-order valence-corrected chi connectivity index (χ1v) is 7.83. The maximum Gasteiger partial charge on any atom is 0.245 e. The maximum absolute atomic E-state index is 12.4. The average Bonchev–Trinajstić information content (AvgIpc) is 2.92. The lowest BCUT2D eigenvalue weighted by atomic mass is 9.80. The second kappa shape index (κ2) is 7.24. The van der Waals surface area contributed by atoms with Gasteiger partial charge in [0, 0.05) is 31.4 Å². The molecule has 2 rings (SSSR count). The molecule has 0 aromatic carbocycles. The van der Waals surface area contributed by atoms with Crippen LogP contribution in [0.1, 0.15) is 44.6 Å². The minimum absolute atomic E-state index is 0.0715. The fourth-order valence-electron chi connectivity index (χ4n) is 2.87. The number of nitrogens with one attached hydrogen (secondary N) is 2. The van der Waals surface area contributed by atoms with Crippen molar-refractivity contribution < 1.29 is 9.59 Å². The van der Waals surface area contributed by atoms with Crippen LogP contribution in [0.4, 0.5) is 0 Å². The molecule has 2 amide bonds.